The second-order valence-corrected chi connectivity index (χ2v) is 11.1. The molecule has 114 valence electrons. The molecule has 0 amide bonds. The summed E-state index contributed by atoms with van der Waals surface area (Å²) in [6, 6.07) is 1.79. The molecule has 6 heteroatoms. The van der Waals surface area contributed by atoms with E-state index in [1.165, 1.54) is 14.2 Å². The van der Waals surface area contributed by atoms with Crippen molar-refractivity contribution in [2.75, 3.05) is 14.2 Å². The molecule has 0 bridgehead atoms. The van der Waals surface area contributed by atoms with Gasteiger partial charge in [-0.05, 0) is 22.4 Å². The first-order chi connectivity index (χ1) is 9.81. The zero-order chi connectivity index (χ0) is 15.8. The van der Waals surface area contributed by atoms with Crippen molar-refractivity contribution in [3.05, 3.63) is 28.3 Å². The Balaban J connectivity index is 2.79. The third kappa shape index (κ3) is 2.73. The van der Waals surface area contributed by atoms with Crippen molar-refractivity contribution in [3.63, 3.8) is 0 Å². The minimum atomic E-state index is -1.85. The summed E-state index contributed by atoms with van der Waals surface area (Å²) < 4.78 is 15.2. The summed E-state index contributed by atoms with van der Waals surface area (Å²) in [5.41, 5.74) is 2.57. The molecular weight excluding hydrogens is 288 g/mol. The molecule has 0 unspecified atom stereocenters. The van der Waals surface area contributed by atoms with Gasteiger partial charge >= 0.3 is 11.9 Å². The molecule has 2 rings (SSSR count). The molecule has 0 aliphatic carbocycles. The van der Waals surface area contributed by atoms with E-state index in [4.69, 9.17) is 14.2 Å². The molecule has 0 saturated carbocycles. The van der Waals surface area contributed by atoms with Crippen LogP contribution in [0.3, 0.4) is 0 Å². The van der Waals surface area contributed by atoms with Gasteiger partial charge in [0.2, 0.25) is 0 Å². The van der Waals surface area contributed by atoms with Gasteiger partial charge in [-0.2, -0.15) is 0 Å². The van der Waals surface area contributed by atoms with Gasteiger partial charge < -0.3 is 14.2 Å². The standard InChI is InChI=1S/C15H20O5Si/c1-18-14(16)9-6-12(21(3,4)5)13(15(17)19-2)11-8-20-7-10(9)11/h6H,7-8H2,1-5H3. The lowest BCUT2D eigenvalue weighted by atomic mass is 9.98. The van der Waals surface area contributed by atoms with E-state index in [0.717, 1.165) is 16.3 Å². The number of esters is 2. The number of hydrogen-bond acceptors (Lipinski definition) is 5. The molecule has 0 spiro atoms. The van der Waals surface area contributed by atoms with Gasteiger partial charge in [0.15, 0.2) is 0 Å². The van der Waals surface area contributed by atoms with Gasteiger partial charge in [0.05, 0.1) is 46.6 Å². The molecule has 21 heavy (non-hydrogen) atoms. The molecule has 1 aromatic rings. The molecule has 0 radical (unpaired) electrons. The largest absolute Gasteiger partial charge is 0.465 e. The molecular formula is C15H20O5Si. The summed E-state index contributed by atoms with van der Waals surface area (Å²) in [5, 5.41) is 0.902. The van der Waals surface area contributed by atoms with Crippen LogP contribution in [0.15, 0.2) is 6.07 Å². The number of rotatable bonds is 3. The summed E-state index contributed by atoms with van der Waals surface area (Å²) >= 11 is 0. The summed E-state index contributed by atoms with van der Waals surface area (Å²) in [5.74, 6) is -0.766. The first kappa shape index (κ1) is 15.7. The minimum Gasteiger partial charge on any atom is -0.465 e. The van der Waals surface area contributed by atoms with Crippen LogP contribution in [0.2, 0.25) is 19.6 Å². The molecule has 0 fully saturated rings. The maximum absolute atomic E-state index is 12.2. The van der Waals surface area contributed by atoms with Crippen molar-refractivity contribution in [1.29, 1.82) is 0 Å². The maximum atomic E-state index is 12.2. The molecule has 0 saturated heterocycles. The van der Waals surface area contributed by atoms with E-state index in [1.54, 1.807) is 6.07 Å². The van der Waals surface area contributed by atoms with Gasteiger partial charge in [-0.25, -0.2) is 9.59 Å². The predicted octanol–water partition coefficient (Wildman–Crippen LogP) is 1.84. The van der Waals surface area contributed by atoms with Gasteiger partial charge in [0.25, 0.3) is 0 Å². The fourth-order valence-corrected chi connectivity index (χ4v) is 4.16. The second-order valence-electron chi connectivity index (χ2n) is 6.03. The summed E-state index contributed by atoms with van der Waals surface area (Å²) in [6.45, 7) is 7.01. The Morgan fingerprint density at radius 2 is 1.62 bits per heavy atom. The van der Waals surface area contributed by atoms with Gasteiger partial charge in [-0.3, -0.25) is 0 Å². The van der Waals surface area contributed by atoms with Crippen LogP contribution in [0.5, 0.6) is 0 Å². The van der Waals surface area contributed by atoms with Crippen LogP contribution in [0, 0.1) is 0 Å². The van der Waals surface area contributed by atoms with E-state index in [1.807, 2.05) is 0 Å². The molecule has 1 aliphatic rings. The Labute approximate surface area is 125 Å². The van der Waals surface area contributed by atoms with Crippen LogP contribution in [0.25, 0.3) is 0 Å². The number of carbonyl (C=O) groups excluding carboxylic acids is 2. The average Bonchev–Trinajstić information content (AvgIpc) is 2.91. The lowest BCUT2D eigenvalue weighted by molar-refractivity contribution is 0.0586. The van der Waals surface area contributed by atoms with E-state index in [-0.39, 0.29) is 5.97 Å². The quantitative estimate of drug-likeness (QED) is 0.630. The first-order valence-electron chi connectivity index (χ1n) is 6.74. The van der Waals surface area contributed by atoms with E-state index >= 15 is 0 Å². The monoisotopic (exact) mass is 308 g/mol. The van der Waals surface area contributed by atoms with E-state index < -0.39 is 14.0 Å². The van der Waals surface area contributed by atoms with E-state index in [0.29, 0.717) is 24.3 Å². The summed E-state index contributed by atoms with van der Waals surface area (Å²) in [6.07, 6.45) is 0. The van der Waals surface area contributed by atoms with Gasteiger partial charge in [-0.15, -0.1) is 0 Å². The van der Waals surface area contributed by atoms with Crippen molar-refractivity contribution in [2.45, 2.75) is 32.9 Å². The molecule has 1 aromatic carbocycles. The number of fused-ring (bicyclic) bond motifs is 1. The smallest absolute Gasteiger partial charge is 0.338 e. The van der Waals surface area contributed by atoms with Crippen LogP contribution in [-0.4, -0.2) is 34.2 Å². The Hall–Kier alpha value is -1.66. The van der Waals surface area contributed by atoms with Crippen molar-refractivity contribution >= 4 is 25.2 Å². The number of benzene rings is 1. The lowest BCUT2D eigenvalue weighted by Gasteiger charge is -2.23. The third-order valence-corrected chi connectivity index (χ3v) is 5.66. The first-order valence-corrected chi connectivity index (χ1v) is 10.2. The lowest BCUT2D eigenvalue weighted by Crippen LogP contribution is -2.43. The topological polar surface area (TPSA) is 61.8 Å². The molecule has 0 atom stereocenters. The third-order valence-electron chi connectivity index (χ3n) is 3.64. The minimum absolute atomic E-state index is 0.315. The van der Waals surface area contributed by atoms with Gasteiger partial charge in [-0.1, -0.05) is 19.6 Å². The highest BCUT2D eigenvalue weighted by Gasteiger charge is 2.33. The average molecular weight is 308 g/mol. The summed E-state index contributed by atoms with van der Waals surface area (Å²) in [7, 11) is 0.868. The fourth-order valence-electron chi connectivity index (χ4n) is 2.58. The SMILES string of the molecule is COC(=O)c1cc([Si](C)(C)C)c(C(=O)OC)c2c1COC2. The fraction of sp³-hybridized carbons (Fsp3) is 0.467. The summed E-state index contributed by atoms with van der Waals surface area (Å²) in [4.78, 5) is 24.2. The maximum Gasteiger partial charge on any atom is 0.338 e. The Bertz CT molecular complexity index is 601. The van der Waals surface area contributed by atoms with Gasteiger partial charge in [0.1, 0.15) is 0 Å². The van der Waals surface area contributed by atoms with Crippen LogP contribution < -0.4 is 5.19 Å². The van der Waals surface area contributed by atoms with Crippen molar-refractivity contribution < 1.29 is 23.8 Å². The van der Waals surface area contributed by atoms with E-state index in [9.17, 15) is 9.59 Å². The highest BCUT2D eigenvalue weighted by atomic mass is 28.3. The van der Waals surface area contributed by atoms with Crippen LogP contribution >= 0.6 is 0 Å². The van der Waals surface area contributed by atoms with Crippen LogP contribution in [-0.2, 0) is 27.4 Å². The molecule has 0 N–H and O–H groups in total. The van der Waals surface area contributed by atoms with Gasteiger partial charge in [0, 0.05) is 0 Å². The highest BCUT2D eigenvalue weighted by Crippen LogP contribution is 2.28. The Morgan fingerprint density at radius 1 is 1.05 bits per heavy atom. The second kappa shape index (κ2) is 5.61. The van der Waals surface area contributed by atoms with Crippen LogP contribution in [0.4, 0.5) is 0 Å². The Kier molecular flexibility index (Phi) is 4.20. The zero-order valence-electron chi connectivity index (χ0n) is 13.0. The number of ether oxygens (including phenoxy) is 3. The van der Waals surface area contributed by atoms with Crippen molar-refractivity contribution in [1.82, 2.24) is 0 Å². The molecule has 5 nitrogen and oxygen atoms in total. The molecule has 1 heterocycles. The zero-order valence-corrected chi connectivity index (χ0v) is 14.0. The Morgan fingerprint density at radius 3 is 2.14 bits per heavy atom. The molecule has 1 aliphatic heterocycles. The molecule has 0 aromatic heterocycles. The van der Waals surface area contributed by atoms with Crippen molar-refractivity contribution in [2.24, 2.45) is 0 Å². The van der Waals surface area contributed by atoms with Crippen molar-refractivity contribution in [3.8, 4) is 0 Å². The highest BCUT2D eigenvalue weighted by molar-refractivity contribution is 6.89. The predicted molar refractivity (Wildman–Crippen MR) is 80.6 cm³/mol. The number of methoxy groups -OCH3 is 2. The normalized spacial score (nSPS) is 13.8. The van der Waals surface area contributed by atoms with Crippen LogP contribution in [0.1, 0.15) is 31.8 Å². The number of hydrogen-bond donors (Lipinski definition) is 0. The number of carbonyl (C=O) groups is 2. The van der Waals surface area contributed by atoms with E-state index in [2.05, 4.69) is 19.6 Å².